The summed E-state index contributed by atoms with van der Waals surface area (Å²) in [5, 5.41) is 6.97. The Morgan fingerprint density at radius 3 is 2.39 bits per heavy atom. The van der Waals surface area contributed by atoms with Gasteiger partial charge in [-0.2, -0.15) is 0 Å². The van der Waals surface area contributed by atoms with Gasteiger partial charge in [0.25, 0.3) is 0 Å². The molecule has 2 rings (SSSR count). The minimum absolute atomic E-state index is 0.0319. The zero-order valence-corrected chi connectivity index (χ0v) is 15.6. The smallest absolute Gasteiger partial charge is 0.171 e. The summed E-state index contributed by atoms with van der Waals surface area (Å²) in [5.41, 5.74) is 1.90. The first-order valence-electron chi connectivity index (χ1n) is 7.08. The number of nitrogens with one attached hydrogen (secondary N) is 2. The molecule has 6 heteroatoms. The lowest BCUT2D eigenvalue weighted by Gasteiger charge is -2.20. The van der Waals surface area contributed by atoms with E-state index in [1.807, 2.05) is 49.4 Å². The predicted octanol–water partition coefficient (Wildman–Crippen LogP) is 4.51. The SMILES string of the molecule is COc1ccc(OC)c(C(C)NC(=S)Nc2ccc(Br)cc2)c1. The average molecular weight is 395 g/mol. The molecule has 0 saturated heterocycles. The summed E-state index contributed by atoms with van der Waals surface area (Å²) in [6, 6.07) is 13.5. The number of benzene rings is 2. The second-order valence-corrected chi connectivity index (χ2v) is 6.26. The molecule has 0 amide bonds. The fraction of sp³-hybridized carbons (Fsp3) is 0.235. The van der Waals surface area contributed by atoms with E-state index < -0.39 is 0 Å². The van der Waals surface area contributed by atoms with E-state index >= 15 is 0 Å². The summed E-state index contributed by atoms with van der Waals surface area (Å²) >= 11 is 8.79. The summed E-state index contributed by atoms with van der Waals surface area (Å²) in [6.45, 7) is 2.02. The molecule has 23 heavy (non-hydrogen) atoms. The lowest BCUT2D eigenvalue weighted by molar-refractivity contribution is 0.395. The maximum atomic E-state index is 5.41. The van der Waals surface area contributed by atoms with Crippen LogP contribution in [0.5, 0.6) is 11.5 Å². The molecule has 0 spiro atoms. The van der Waals surface area contributed by atoms with Crippen LogP contribution in [0.3, 0.4) is 0 Å². The molecule has 0 bridgehead atoms. The summed E-state index contributed by atoms with van der Waals surface area (Å²) in [6.07, 6.45) is 0. The van der Waals surface area contributed by atoms with Crippen LogP contribution in [0.1, 0.15) is 18.5 Å². The van der Waals surface area contributed by atoms with Crippen molar-refractivity contribution in [1.82, 2.24) is 5.32 Å². The highest BCUT2D eigenvalue weighted by Gasteiger charge is 2.14. The number of anilines is 1. The molecule has 2 aromatic carbocycles. The molecular formula is C17H19BrN2O2S. The molecule has 2 N–H and O–H groups in total. The molecule has 0 radical (unpaired) electrons. The van der Waals surface area contributed by atoms with Gasteiger partial charge in [-0.05, 0) is 61.6 Å². The standard InChI is InChI=1S/C17H19BrN2O2S/c1-11(15-10-14(21-2)8-9-16(15)22-3)19-17(23)20-13-6-4-12(18)5-7-13/h4-11H,1-3H3,(H2,19,20,23). The maximum Gasteiger partial charge on any atom is 0.171 e. The third-order valence-electron chi connectivity index (χ3n) is 3.35. The van der Waals surface area contributed by atoms with Crippen LogP contribution < -0.4 is 20.1 Å². The molecule has 122 valence electrons. The first kappa shape index (κ1) is 17.6. The molecule has 0 heterocycles. The highest BCUT2D eigenvalue weighted by Crippen LogP contribution is 2.29. The average Bonchev–Trinajstić information content (AvgIpc) is 2.56. The highest BCUT2D eigenvalue weighted by molar-refractivity contribution is 9.10. The van der Waals surface area contributed by atoms with Crippen molar-refractivity contribution in [1.29, 1.82) is 0 Å². The van der Waals surface area contributed by atoms with Crippen LogP contribution in [0, 0.1) is 0 Å². The number of ether oxygens (including phenoxy) is 2. The van der Waals surface area contributed by atoms with Crippen molar-refractivity contribution in [3.63, 3.8) is 0 Å². The quantitative estimate of drug-likeness (QED) is 0.729. The summed E-state index contributed by atoms with van der Waals surface area (Å²) < 4.78 is 11.7. The van der Waals surface area contributed by atoms with Crippen LogP contribution in [0.4, 0.5) is 5.69 Å². The molecule has 1 unspecified atom stereocenters. The van der Waals surface area contributed by atoms with E-state index in [-0.39, 0.29) is 6.04 Å². The number of thiocarbonyl (C=S) groups is 1. The van der Waals surface area contributed by atoms with Gasteiger partial charge in [-0.25, -0.2) is 0 Å². The number of halogens is 1. The van der Waals surface area contributed by atoms with Crippen molar-refractivity contribution in [2.45, 2.75) is 13.0 Å². The molecule has 0 aromatic heterocycles. The van der Waals surface area contributed by atoms with Gasteiger partial charge in [0.05, 0.1) is 20.3 Å². The van der Waals surface area contributed by atoms with E-state index in [1.165, 1.54) is 0 Å². The van der Waals surface area contributed by atoms with Crippen LogP contribution >= 0.6 is 28.1 Å². The van der Waals surface area contributed by atoms with Crippen molar-refractivity contribution in [3.05, 3.63) is 52.5 Å². The van der Waals surface area contributed by atoms with Crippen LogP contribution in [-0.4, -0.2) is 19.3 Å². The van der Waals surface area contributed by atoms with Gasteiger partial charge in [-0.3, -0.25) is 0 Å². The van der Waals surface area contributed by atoms with Crippen molar-refractivity contribution in [2.24, 2.45) is 0 Å². The molecule has 1 atom stereocenters. The van der Waals surface area contributed by atoms with E-state index in [4.69, 9.17) is 21.7 Å². The van der Waals surface area contributed by atoms with Gasteiger partial charge in [-0.1, -0.05) is 15.9 Å². The number of rotatable bonds is 5. The van der Waals surface area contributed by atoms with Crippen LogP contribution in [0.25, 0.3) is 0 Å². The number of hydrogen-bond acceptors (Lipinski definition) is 3. The van der Waals surface area contributed by atoms with Gasteiger partial charge in [-0.15, -0.1) is 0 Å². The Hall–Kier alpha value is -1.79. The lowest BCUT2D eigenvalue weighted by Crippen LogP contribution is -2.31. The highest BCUT2D eigenvalue weighted by atomic mass is 79.9. The number of methoxy groups -OCH3 is 2. The van der Waals surface area contributed by atoms with Gasteiger partial charge in [0, 0.05) is 15.7 Å². The molecular weight excluding hydrogens is 376 g/mol. The maximum absolute atomic E-state index is 5.41. The van der Waals surface area contributed by atoms with Gasteiger partial charge in [0.1, 0.15) is 11.5 Å². The van der Waals surface area contributed by atoms with Crippen molar-refractivity contribution < 1.29 is 9.47 Å². The zero-order chi connectivity index (χ0) is 16.8. The molecule has 0 saturated carbocycles. The van der Waals surface area contributed by atoms with Gasteiger partial charge < -0.3 is 20.1 Å². The molecule has 0 aliphatic rings. The number of hydrogen-bond donors (Lipinski definition) is 2. The van der Waals surface area contributed by atoms with E-state index in [0.717, 1.165) is 27.2 Å². The fourth-order valence-corrected chi connectivity index (χ4v) is 2.71. The van der Waals surface area contributed by atoms with Crippen LogP contribution in [-0.2, 0) is 0 Å². The summed E-state index contributed by atoms with van der Waals surface area (Å²) in [4.78, 5) is 0. The van der Waals surface area contributed by atoms with Crippen molar-refractivity contribution >= 4 is 38.9 Å². The molecule has 2 aromatic rings. The third kappa shape index (κ3) is 4.84. The molecule has 0 aliphatic carbocycles. The minimum atomic E-state index is -0.0319. The summed E-state index contributed by atoms with van der Waals surface area (Å²) in [7, 11) is 3.29. The van der Waals surface area contributed by atoms with Gasteiger partial charge in [0.2, 0.25) is 0 Å². The fourth-order valence-electron chi connectivity index (χ4n) is 2.15. The topological polar surface area (TPSA) is 42.5 Å². The Bertz CT molecular complexity index is 677. The largest absolute Gasteiger partial charge is 0.497 e. The van der Waals surface area contributed by atoms with E-state index in [0.29, 0.717) is 5.11 Å². The normalized spacial score (nSPS) is 11.5. The Balaban J connectivity index is 2.07. The minimum Gasteiger partial charge on any atom is -0.497 e. The predicted molar refractivity (Wildman–Crippen MR) is 101 cm³/mol. The van der Waals surface area contributed by atoms with Crippen molar-refractivity contribution in [3.8, 4) is 11.5 Å². The van der Waals surface area contributed by atoms with E-state index in [9.17, 15) is 0 Å². The third-order valence-corrected chi connectivity index (χ3v) is 4.10. The molecule has 4 nitrogen and oxygen atoms in total. The van der Waals surface area contributed by atoms with Crippen molar-refractivity contribution in [2.75, 3.05) is 19.5 Å². The molecule has 0 aliphatic heterocycles. The zero-order valence-electron chi connectivity index (χ0n) is 13.2. The van der Waals surface area contributed by atoms with Crippen LogP contribution in [0.15, 0.2) is 46.9 Å². The Labute approximate surface area is 150 Å². The second-order valence-electron chi connectivity index (χ2n) is 4.93. The molecule has 0 fully saturated rings. The monoisotopic (exact) mass is 394 g/mol. The Kier molecular flexibility index (Phi) is 6.24. The Morgan fingerprint density at radius 2 is 1.78 bits per heavy atom. The first-order chi connectivity index (χ1) is 11.0. The second kappa shape index (κ2) is 8.17. The van der Waals surface area contributed by atoms with E-state index in [1.54, 1.807) is 14.2 Å². The summed E-state index contributed by atoms with van der Waals surface area (Å²) in [5.74, 6) is 1.57. The van der Waals surface area contributed by atoms with Crippen LogP contribution in [0.2, 0.25) is 0 Å². The van der Waals surface area contributed by atoms with Gasteiger partial charge >= 0.3 is 0 Å². The lowest BCUT2D eigenvalue weighted by atomic mass is 10.1. The van der Waals surface area contributed by atoms with Gasteiger partial charge in [0.15, 0.2) is 5.11 Å². The van der Waals surface area contributed by atoms with E-state index in [2.05, 4.69) is 26.6 Å². The first-order valence-corrected chi connectivity index (χ1v) is 8.28. The Morgan fingerprint density at radius 1 is 1.09 bits per heavy atom.